The largest absolute Gasteiger partial charge is 0.206 e. The van der Waals surface area contributed by atoms with Crippen LogP contribution < -0.4 is 0 Å². The molecule has 0 spiro atoms. The Labute approximate surface area is 159 Å². The van der Waals surface area contributed by atoms with Gasteiger partial charge in [-0.1, -0.05) is 97.1 Å². The fraction of sp³-hybridized carbons (Fsp3) is 0. The molecule has 0 aromatic heterocycles. The highest BCUT2D eigenvalue weighted by molar-refractivity contribution is 7.80. The molecular weight excluding hydrogens is 339 g/mol. The van der Waals surface area contributed by atoms with Crippen molar-refractivity contribution in [1.82, 2.24) is 0 Å². The molecule has 0 saturated heterocycles. The van der Waals surface area contributed by atoms with E-state index in [-0.39, 0.29) is 5.82 Å². The van der Waals surface area contributed by atoms with Gasteiger partial charge in [0.25, 0.3) is 0 Å². The van der Waals surface area contributed by atoms with E-state index in [0.29, 0.717) is 4.90 Å². The number of thiol groups is 1. The molecule has 0 aliphatic heterocycles. The lowest BCUT2D eigenvalue weighted by atomic mass is 9.95. The Bertz CT molecular complexity index is 870. The third kappa shape index (κ3) is 4.62. The zero-order valence-electron chi connectivity index (χ0n) is 14.2. The summed E-state index contributed by atoms with van der Waals surface area (Å²) in [7, 11) is 0. The Morgan fingerprint density at radius 3 is 1.23 bits per heavy atom. The van der Waals surface area contributed by atoms with Gasteiger partial charge in [0.15, 0.2) is 0 Å². The molecule has 0 radical (unpaired) electrons. The first-order valence-electron chi connectivity index (χ1n) is 8.39. The highest BCUT2D eigenvalue weighted by Crippen LogP contribution is 2.31. The first-order valence-corrected chi connectivity index (χ1v) is 8.84. The van der Waals surface area contributed by atoms with Gasteiger partial charge in [0, 0.05) is 4.90 Å². The molecule has 0 bridgehead atoms. The molecule has 4 aromatic carbocycles. The second-order valence-electron chi connectivity index (χ2n) is 5.73. The molecule has 26 heavy (non-hydrogen) atoms. The summed E-state index contributed by atoms with van der Waals surface area (Å²) in [6.07, 6.45) is 0. The highest BCUT2D eigenvalue weighted by Gasteiger charge is 2.05. The molecule has 0 aliphatic carbocycles. The Kier molecular flexibility index (Phi) is 6.24. The van der Waals surface area contributed by atoms with E-state index >= 15 is 0 Å². The van der Waals surface area contributed by atoms with E-state index in [4.69, 9.17) is 0 Å². The van der Waals surface area contributed by atoms with Crippen molar-refractivity contribution in [2.45, 2.75) is 4.90 Å². The van der Waals surface area contributed by atoms with E-state index in [2.05, 4.69) is 97.6 Å². The minimum absolute atomic E-state index is 0.268. The maximum absolute atomic E-state index is 12.2. The van der Waals surface area contributed by atoms with E-state index in [1.165, 1.54) is 28.3 Å². The molecule has 4 rings (SSSR count). The van der Waals surface area contributed by atoms with Crippen LogP contribution in [0.2, 0.25) is 0 Å². The van der Waals surface area contributed by atoms with Crippen LogP contribution >= 0.6 is 12.6 Å². The van der Waals surface area contributed by atoms with Crippen molar-refractivity contribution in [3.05, 3.63) is 115 Å². The summed E-state index contributed by atoms with van der Waals surface area (Å²) >= 11 is 3.82. The minimum atomic E-state index is -0.268. The molecule has 0 aliphatic rings. The quantitative estimate of drug-likeness (QED) is 0.362. The van der Waals surface area contributed by atoms with Crippen molar-refractivity contribution in [2.24, 2.45) is 0 Å². The van der Waals surface area contributed by atoms with Gasteiger partial charge in [-0.05, 0) is 34.4 Å². The normalized spacial score (nSPS) is 9.92. The zero-order valence-corrected chi connectivity index (χ0v) is 15.1. The number of hydrogen-bond acceptors (Lipinski definition) is 1. The average molecular weight is 358 g/mol. The summed E-state index contributed by atoms with van der Waals surface area (Å²) < 4.78 is 12.2. The maximum Gasteiger partial charge on any atom is 0.136 e. The lowest BCUT2D eigenvalue weighted by Crippen LogP contribution is -1.83. The monoisotopic (exact) mass is 358 g/mol. The first-order chi connectivity index (χ1) is 12.8. The van der Waals surface area contributed by atoms with Gasteiger partial charge in [-0.2, -0.15) is 0 Å². The molecule has 0 heterocycles. The molecule has 0 nitrogen and oxygen atoms in total. The lowest BCUT2D eigenvalue weighted by molar-refractivity contribution is 0.602. The summed E-state index contributed by atoms with van der Waals surface area (Å²) in [6, 6.07) is 35.9. The molecule has 4 aromatic rings. The van der Waals surface area contributed by atoms with Crippen LogP contribution in [0.15, 0.2) is 114 Å². The fourth-order valence-electron chi connectivity index (χ4n) is 2.67. The molecule has 0 saturated carbocycles. The summed E-state index contributed by atoms with van der Waals surface area (Å²) in [5.41, 5.74) is 5.09. The van der Waals surface area contributed by atoms with Gasteiger partial charge in [-0.15, -0.1) is 12.6 Å². The smallest absolute Gasteiger partial charge is 0.136 e. The predicted molar refractivity (Wildman–Crippen MR) is 111 cm³/mol. The van der Waals surface area contributed by atoms with Crippen LogP contribution in [-0.4, -0.2) is 0 Å². The second kappa shape index (κ2) is 9.02. The second-order valence-corrected chi connectivity index (χ2v) is 6.21. The molecule has 0 atom stereocenters. The molecule has 2 heteroatoms. The maximum atomic E-state index is 12.2. The van der Waals surface area contributed by atoms with Crippen molar-refractivity contribution in [3.8, 4) is 22.3 Å². The topological polar surface area (TPSA) is 0 Å². The van der Waals surface area contributed by atoms with E-state index < -0.39 is 0 Å². The summed E-state index contributed by atoms with van der Waals surface area (Å²) in [5, 5.41) is 0. The number of rotatable bonds is 2. The Morgan fingerprint density at radius 2 is 0.846 bits per heavy atom. The van der Waals surface area contributed by atoms with Gasteiger partial charge in [-0.25, -0.2) is 4.39 Å². The van der Waals surface area contributed by atoms with E-state index in [0.717, 1.165) is 0 Å². The van der Waals surface area contributed by atoms with Gasteiger partial charge >= 0.3 is 0 Å². The summed E-state index contributed by atoms with van der Waals surface area (Å²) in [6.45, 7) is 0. The van der Waals surface area contributed by atoms with Crippen molar-refractivity contribution in [2.75, 3.05) is 0 Å². The molecular formula is C24H19FS. The number of hydrogen-bond donors (Lipinski definition) is 1. The van der Waals surface area contributed by atoms with Gasteiger partial charge in [0.1, 0.15) is 5.82 Å². The van der Waals surface area contributed by atoms with E-state index in [1.54, 1.807) is 18.2 Å². The van der Waals surface area contributed by atoms with Crippen LogP contribution in [0.1, 0.15) is 0 Å². The minimum Gasteiger partial charge on any atom is -0.206 e. The number of benzene rings is 4. The van der Waals surface area contributed by atoms with Gasteiger partial charge in [0.05, 0.1) is 0 Å². The molecule has 0 N–H and O–H groups in total. The molecule has 0 amide bonds. The third-order valence-electron chi connectivity index (χ3n) is 3.95. The highest BCUT2D eigenvalue weighted by atomic mass is 32.1. The van der Waals surface area contributed by atoms with Gasteiger partial charge in [-0.3, -0.25) is 0 Å². The van der Waals surface area contributed by atoms with Gasteiger partial charge in [0.2, 0.25) is 0 Å². The third-order valence-corrected chi connectivity index (χ3v) is 4.31. The molecule has 0 unspecified atom stereocenters. The van der Waals surface area contributed by atoms with Crippen LogP contribution in [0.25, 0.3) is 22.3 Å². The average Bonchev–Trinajstić information content (AvgIpc) is 2.72. The molecule has 128 valence electrons. The van der Waals surface area contributed by atoms with Crippen molar-refractivity contribution >= 4 is 12.6 Å². The summed E-state index contributed by atoms with van der Waals surface area (Å²) in [4.78, 5) is 0.396. The van der Waals surface area contributed by atoms with Crippen LogP contribution in [0.5, 0.6) is 0 Å². The van der Waals surface area contributed by atoms with Crippen LogP contribution in [0.3, 0.4) is 0 Å². The van der Waals surface area contributed by atoms with E-state index in [9.17, 15) is 4.39 Å². The van der Waals surface area contributed by atoms with E-state index in [1.807, 2.05) is 0 Å². The summed E-state index contributed by atoms with van der Waals surface area (Å²) in [5.74, 6) is -0.268. The van der Waals surface area contributed by atoms with Crippen LogP contribution in [-0.2, 0) is 0 Å². The number of halogens is 1. The van der Waals surface area contributed by atoms with Crippen molar-refractivity contribution in [3.63, 3.8) is 0 Å². The zero-order chi connectivity index (χ0) is 18.2. The SMILES string of the molecule is Fc1ccccc1S.c1ccc(-c2ccccc2-c2ccccc2)cc1. The van der Waals surface area contributed by atoms with Crippen molar-refractivity contribution in [1.29, 1.82) is 0 Å². The predicted octanol–water partition coefficient (Wildman–Crippen LogP) is 7.14. The standard InChI is InChI=1S/C18H14.C6H5FS/c1-3-9-15(10-4-1)17-13-7-8-14-18(17)16-11-5-2-6-12-16;7-5-3-1-2-4-6(5)8/h1-14H;1-4,8H. The fourth-order valence-corrected chi connectivity index (χ4v) is 2.83. The lowest BCUT2D eigenvalue weighted by Gasteiger charge is -2.09. The Hall–Kier alpha value is -2.84. The molecule has 0 fully saturated rings. The van der Waals surface area contributed by atoms with Crippen LogP contribution in [0, 0.1) is 5.82 Å². The Morgan fingerprint density at radius 1 is 0.462 bits per heavy atom. The Balaban J connectivity index is 0.000000206. The van der Waals surface area contributed by atoms with Crippen LogP contribution in [0.4, 0.5) is 4.39 Å². The van der Waals surface area contributed by atoms with Crippen molar-refractivity contribution < 1.29 is 4.39 Å². The first kappa shape index (κ1) is 18.0. The van der Waals surface area contributed by atoms with Gasteiger partial charge < -0.3 is 0 Å².